The fraction of sp³-hybridized carbons (Fsp3) is 0.111. The zero-order valence-electron chi connectivity index (χ0n) is 7.22. The smallest absolute Gasteiger partial charge is 0.115 e. The van der Waals surface area contributed by atoms with Gasteiger partial charge in [-0.05, 0) is 39.6 Å². The number of halogens is 1. The minimum atomic E-state index is -0.115. The predicted octanol–water partition coefficient (Wildman–Crippen LogP) is 2.19. The van der Waals surface area contributed by atoms with Gasteiger partial charge in [0, 0.05) is 18.0 Å². The lowest BCUT2D eigenvalue weighted by molar-refractivity contribution is 0.855. The molecule has 2 aromatic heterocycles. The average molecular weight is 317 g/mol. The van der Waals surface area contributed by atoms with Gasteiger partial charge in [-0.1, -0.05) is 0 Å². The summed E-state index contributed by atoms with van der Waals surface area (Å²) < 4.78 is 1.24. The molecule has 72 valence electrons. The minimum absolute atomic E-state index is 0.115. The van der Waals surface area contributed by atoms with Gasteiger partial charge >= 0.3 is 0 Å². The summed E-state index contributed by atoms with van der Waals surface area (Å²) in [6.45, 7) is 0. The molecule has 0 bridgehead atoms. The van der Waals surface area contributed by atoms with E-state index in [1.807, 2.05) is 0 Å². The van der Waals surface area contributed by atoms with E-state index in [0.717, 1.165) is 11.1 Å². The molecule has 1 unspecified atom stereocenters. The Kier molecular flexibility index (Phi) is 3.09. The number of hydrogen-bond donors (Lipinski definition) is 1. The molecule has 2 rings (SSSR count). The maximum Gasteiger partial charge on any atom is 0.115 e. The SMILES string of the molecule is NC(c1cncnc1)c1csc(I)c1. The summed E-state index contributed by atoms with van der Waals surface area (Å²) in [5, 5.41) is 2.07. The molecule has 5 heteroatoms. The predicted molar refractivity (Wildman–Crippen MR) is 65.1 cm³/mol. The lowest BCUT2D eigenvalue weighted by atomic mass is 10.1. The van der Waals surface area contributed by atoms with Crippen molar-refractivity contribution < 1.29 is 0 Å². The Bertz CT molecular complexity index is 415. The van der Waals surface area contributed by atoms with E-state index in [0.29, 0.717) is 0 Å². The van der Waals surface area contributed by atoms with E-state index in [2.05, 4.69) is 44.0 Å². The first-order chi connectivity index (χ1) is 6.77. The summed E-state index contributed by atoms with van der Waals surface area (Å²) in [4.78, 5) is 7.90. The molecule has 1 atom stereocenters. The van der Waals surface area contributed by atoms with Crippen LogP contribution in [0.2, 0.25) is 0 Å². The van der Waals surface area contributed by atoms with Gasteiger partial charge in [-0.15, -0.1) is 11.3 Å². The van der Waals surface area contributed by atoms with E-state index in [-0.39, 0.29) is 6.04 Å². The molecule has 0 amide bonds. The summed E-state index contributed by atoms with van der Waals surface area (Å²) in [5.41, 5.74) is 8.12. The molecule has 2 N–H and O–H groups in total. The van der Waals surface area contributed by atoms with Gasteiger partial charge in [0.1, 0.15) is 6.33 Å². The van der Waals surface area contributed by atoms with Crippen LogP contribution in [0.5, 0.6) is 0 Å². The molecule has 3 nitrogen and oxygen atoms in total. The van der Waals surface area contributed by atoms with Crippen LogP contribution >= 0.6 is 33.9 Å². The van der Waals surface area contributed by atoms with Gasteiger partial charge in [0.15, 0.2) is 0 Å². The molecule has 0 radical (unpaired) electrons. The van der Waals surface area contributed by atoms with Gasteiger partial charge < -0.3 is 5.73 Å². The molecule has 0 fully saturated rings. The Balaban J connectivity index is 2.29. The molecule has 0 saturated carbocycles. The zero-order valence-corrected chi connectivity index (χ0v) is 10.2. The Labute approximate surface area is 99.5 Å². The first-order valence-electron chi connectivity index (χ1n) is 4.02. The molecule has 2 heterocycles. The number of aromatic nitrogens is 2. The van der Waals surface area contributed by atoms with Gasteiger partial charge in [0.25, 0.3) is 0 Å². The van der Waals surface area contributed by atoms with Crippen molar-refractivity contribution in [1.29, 1.82) is 0 Å². The number of nitrogens with zero attached hydrogens (tertiary/aromatic N) is 2. The van der Waals surface area contributed by atoms with Crippen LogP contribution in [0, 0.1) is 2.88 Å². The number of rotatable bonds is 2. The van der Waals surface area contributed by atoms with E-state index < -0.39 is 0 Å². The maximum atomic E-state index is 6.05. The summed E-state index contributed by atoms with van der Waals surface area (Å²) in [7, 11) is 0. The molecule has 0 aliphatic heterocycles. The third-order valence-corrected chi connectivity index (χ3v) is 3.69. The molecule has 0 aliphatic carbocycles. The highest BCUT2D eigenvalue weighted by atomic mass is 127. The minimum Gasteiger partial charge on any atom is -0.320 e. The second kappa shape index (κ2) is 4.33. The second-order valence-electron chi connectivity index (χ2n) is 2.83. The second-order valence-corrected chi connectivity index (χ2v) is 5.64. The molecule has 14 heavy (non-hydrogen) atoms. The van der Waals surface area contributed by atoms with E-state index in [4.69, 9.17) is 5.73 Å². The van der Waals surface area contributed by atoms with Gasteiger partial charge in [0.2, 0.25) is 0 Å². The van der Waals surface area contributed by atoms with Crippen LogP contribution in [-0.2, 0) is 0 Å². The quantitative estimate of drug-likeness (QED) is 0.864. The molecular weight excluding hydrogens is 309 g/mol. The summed E-state index contributed by atoms with van der Waals surface area (Å²) in [5.74, 6) is 0. The van der Waals surface area contributed by atoms with Gasteiger partial charge in [-0.25, -0.2) is 9.97 Å². The van der Waals surface area contributed by atoms with Crippen LogP contribution in [0.3, 0.4) is 0 Å². The monoisotopic (exact) mass is 317 g/mol. The van der Waals surface area contributed by atoms with Crippen molar-refractivity contribution in [2.75, 3.05) is 0 Å². The number of nitrogens with two attached hydrogens (primary N) is 1. The van der Waals surface area contributed by atoms with Crippen molar-refractivity contribution in [2.24, 2.45) is 5.73 Å². The summed E-state index contributed by atoms with van der Waals surface area (Å²) in [6.07, 6.45) is 5.01. The molecule has 0 spiro atoms. The molecule has 0 aromatic carbocycles. The van der Waals surface area contributed by atoms with Crippen molar-refractivity contribution in [3.63, 3.8) is 0 Å². The Hall–Kier alpha value is -0.530. The summed E-state index contributed by atoms with van der Waals surface area (Å²) >= 11 is 3.98. The number of thiophene rings is 1. The Morgan fingerprint density at radius 2 is 2.00 bits per heavy atom. The highest BCUT2D eigenvalue weighted by Gasteiger charge is 2.10. The highest BCUT2D eigenvalue weighted by Crippen LogP contribution is 2.24. The van der Waals surface area contributed by atoms with Gasteiger partial charge in [0.05, 0.1) is 8.93 Å². The lowest BCUT2D eigenvalue weighted by Gasteiger charge is -2.08. The van der Waals surface area contributed by atoms with Crippen molar-refractivity contribution in [3.8, 4) is 0 Å². The van der Waals surface area contributed by atoms with Crippen LogP contribution in [0.4, 0.5) is 0 Å². The van der Waals surface area contributed by atoms with Gasteiger partial charge in [-0.2, -0.15) is 0 Å². The molecular formula is C9H8IN3S. The van der Waals surface area contributed by atoms with E-state index in [9.17, 15) is 0 Å². The van der Waals surface area contributed by atoms with Crippen molar-refractivity contribution in [2.45, 2.75) is 6.04 Å². The molecule has 2 aromatic rings. The van der Waals surface area contributed by atoms with Crippen molar-refractivity contribution >= 4 is 33.9 Å². The van der Waals surface area contributed by atoms with Gasteiger partial charge in [-0.3, -0.25) is 0 Å². The zero-order chi connectivity index (χ0) is 9.97. The topological polar surface area (TPSA) is 51.8 Å². The van der Waals surface area contributed by atoms with Crippen LogP contribution in [-0.4, -0.2) is 9.97 Å². The highest BCUT2D eigenvalue weighted by molar-refractivity contribution is 14.1. The standard InChI is InChI=1S/C9H8IN3S/c10-8-1-6(4-14-8)9(11)7-2-12-5-13-3-7/h1-5,9H,11H2. The normalized spacial score (nSPS) is 12.7. The number of hydrogen-bond acceptors (Lipinski definition) is 4. The first-order valence-corrected chi connectivity index (χ1v) is 5.97. The third-order valence-electron chi connectivity index (χ3n) is 1.89. The van der Waals surface area contributed by atoms with E-state index in [1.54, 1.807) is 23.7 Å². The van der Waals surface area contributed by atoms with Crippen LogP contribution in [0.25, 0.3) is 0 Å². The van der Waals surface area contributed by atoms with Crippen molar-refractivity contribution in [3.05, 3.63) is 44.2 Å². The lowest BCUT2D eigenvalue weighted by Crippen LogP contribution is -2.11. The Morgan fingerprint density at radius 3 is 2.57 bits per heavy atom. The fourth-order valence-electron chi connectivity index (χ4n) is 1.15. The van der Waals surface area contributed by atoms with Crippen LogP contribution in [0.1, 0.15) is 17.2 Å². The first kappa shape index (κ1) is 10.0. The van der Waals surface area contributed by atoms with E-state index >= 15 is 0 Å². The van der Waals surface area contributed by atoms with Crippen LogP contribution in [0.15, 0.2) is 30.2 Å². The largest absolute Gasteiger partial charge is 0.320 e. The fourth-order valence-corrected chi connectivity index (χ4v) is 2.56. The molecule has 0 saturated heterocycles. The Morgan fingerprint density at radius 1 is 1.29 bits per heavy atom. The molecule has 0 aliphatic rings. The summed E-state index contributed by atoms with van der Waals surface area (Å²) in [6, 6.07) is 1.97. The third kappa shape index (κ3) is 2.10. The maximum absolute atomic E-state index is 6.05. The van der Waals surface area contributed by atoms with E-state index in [1.165, 1.54) is 9.21 Å². The average Bonchev–Trinajstić information content (AvgIpc) is 2.65. The van der Waals surface area contributed by atoms with Crippen molar-refractivity contribution in [1.82, 2.24) is 9.97 Å². The van der Waals surface area contributed by atoms with Crippen LogP contribution < -0.4 is 5.73 Å².